The fourth-order valence-corrected chi connectivity index (χ4v) is 4.83. The fraction of sp³-hybridized carbons (Fsp3) is 0.240. The van der Waals surface area contributed by atoms with Crippen LogP contribution in [0.5, 0.6) is 11.5 Å². The number of fused-ring (bicyclic) bond motifs is 1. The molecule has 2 aromatic heterocycles. The third-order valence-corrected chi connectivity index (χ3v) is 6.33. The second kappa shape index (κ2) is 8.96. The Labute approximate surface area is 190 Å². The Bertz CT molecular complexity index is 1350. The van der Waals surface area contributed by atoms with Crippen LogP contribution >= 0.6 is 11.3 Å². The van der Waals surface area contributed by atoms with Crippen molar-refractivity contribution in [2.75, 3.05) is 13.7 Å². The van der Waals surface area contributed by atoms with Crippen LogP contribution in [0.4, 0.5) is 0 Å². The molecule has 0 aliphatic carbocycles. The summed E-state index contributed by atoms with van der Waals surface area (Å²) in [6.45, 7) is 6.19. The number of methoxy groups -OCH3 is 1. The van der Waals surface area contributed by atoms with Crippen molar-refractivity contribution < 1.29 is 14.3 Å². The first kappa shape index (κ1) is 21.8. The van der Waals surface area contributed by atoms with Crippen molar-refractivity contribution in [1.82, 2.24) is 9.55 Å². The van der Waals surface area contributed by atoms with Crippen LogP contribution in [0.1, 0.15) is 28.0 Å². The molecule has 0 aliphatic rings. The number of benzene rings is 2. The van der Waals surface area contributed by atoms with Gasteiger partial charge in [0.25, 0.3) is 5.56 Å². The molecule has 32 heavy (non-hydrogen) atoms. The number of aryl methyl sites for hydroxylation is 2. The lowest BCUT2D eigenvalue weighted by molar-refractivity contribution is 0.0969. The zero-order valence-electron chi connectivity index (χ0n) is 18.5. The number of Topliss-reactive ketones (excluding diaryl/α,β-unsaturated/α-hetero) is 1. The lowest BCUT2D eigenvalue weighted by atomic mass is 10.0. The molecule has 7 heteroatoms. The molecule has 0 bridgehead atoms. The van der Waals surface area contributed by atoms with Crippen molar-refractivity contribution in [1.29, 1.82) is 0 Å². The Morgan fingerprint density at radius 2 is 1.84 bits per heavy atom. The molecule has 0 saturated carbocycles. The second-order valence-corrected chi connectivity index (χ2v) is 8.58. The molecule has 4 aromatic rings. The Hall–Kier alpha value is -3.45. The number of carbonyl (C=O) groups excluding carboxylic acids is 1. The van der Waals surface area contributed by atoms with Crippen LogP contribution in [0.2, 0.25) is 0 Å². The quantitative estimate of drug-likeness (QED) is 0.371. The largest absolute Gasteiger partial charge is 0.497 e. The average molecular weight is 449 g/mol. The summed E-state index contributed by atoms with van der Waals surface area (Å²) in [6.07, 6.45) is 0. The summed E-state index contributed by atoms with van der Waals surface area (Å²) in [7, 11) is 1.55. The van der Waals surface area contributed by atoms with E-state index in [0.29, 0.717) is 34.0 Å². The van der Waals surface area contributed by atoms with E-state index in [0.717, 1.165) is 21.8 Å². The van der Waals surface area contributed by atoms with Crippen molar-refractivity contribution in [3.8, 4) is 22.6 Å². The highest BCUT2D eigenvalue weighted by Crippen LogP contribution is 2.36. The first-order valence-corrected chi connectivity index (χ1v) is 11.2. The van der Waals surface area contributed by atoms with E-state index in [9.17, 15) is 9.59 Å². The second-order valence-electron chi connectivity index (χ2n) is 7.38. The number of thiophene rings is 1. The molecule has 0 spiro atoms. The number of ketones is 1. The van der Waals surface area contributed by atoms with Crippen molar-refractivity contribution in [3.63, 3.8) is 0 Å². The summed E-state index contributed by atoms with van der Waals surface area (Å²) in [5.41, 5.74) is 2.06. The third-order valence-electron chi connectivity index (χ3n) is 5.33. The lowest BCUT2D eigenvalue weighted by Crippen LogP contribution is -2.27. The van der Waals surface area contributed by atoms with E-state index in [1.54, 1.807) is 38.3 Å². The van der Waals surface area contributed by atoms with Crippen LogP contribution in [0.25, 0.3) is 21.3 Å². The normalized spacial score (nSPS) is 11.0. The van der Waals surface area contributed by atoms with E-state index in [1.807, 2.05) is 38.1 Å². The van der Waals surface area contributed by atoms with E-state index in [2.05, 4.69) is 4.98 Å². The van der Waals surface area contributed by atoms with E-state index >= 15 is 0 Å². The molecule has 4 rings (SSSR count). The zero-order valence-corrected chi connectivity index (χ0v) is 19.3. The monoisotopic (exact) mass is 448 g/mol. The summed E-state index contributed by atoms with van der Waals surface area (Å²) >= 11 is 1.49. The highest BCUT2D eigenvalue weighted by atomic mass is 32.1. The summed E-state index contributed by atoms with van der Waals surface area (Å²) < 4.78 is 12.2. The van der Waals surface area contributed by atoms with Crippen LogP contribution in [-0.4, -0.2) is 29.1 Å². The SMILES string of the molecule is CCOc1ccc(-c2c(C)sc3nc(C)n(CC(=O)c4cccc(OC)c4)c(=O)c23)cc1. The highest BCUT2D eigenvalue weighted by Gasteiger charge is 2.20. The van der Waals surface area contributed by atoms with E-state index < -0.39 is 0 Å². The molecule has 0 fully saturated rings. The van der Waals surface area contributed by atoms with Gasteiger partial charge in [0, 0.05) is 16.0 Å². The maximum absolute atomic E-state index is 13.5. The molecule has 6 nitrogen and oxygen atoms in total. The smallest absolute Gasteiger partial charge is 0.263 e. The van der Waals surface area contributed by atoms with Gasteiger partial charge in [0.1, 0.15) is 22.2 Å². The topological polar surface area (TPSA) is 70.4 Å². The van der Waals surface area contributed by atoms with Crippen LogP contribution in [-0.2, 0) is 6.54 Å². The first-order valence-electron chi connectivity index (χ1n) is 10.3. The first-order chi connectivity index (χ1) is 15.4. The van der Waals surface area contributed by atoms with Crippen LogP contribution in [0, 0.1) is 13.8 Å². The fourth-order valence-electron chi connectivity index (χ4n) is 3.75. The van der Waals surface area contributed by atoms with Crippen molar-refractivity contribution in [2.24, 2.45) is 0 Å². The Kier molecular flexibility index (Phi) is 6.10. The minimum absolute atomic E-state index is 0.0849. The number of ether oxygens (including phenoxy) is 2. The lowest BCUT2D eigenvalue weighted by Gasteiger charge is -2.11. The number of aromatic nitrogens is 2. The van der Waals surface area contributed by atoms with Crippen molar-refractivity contribution in [2.45, 2.75) is 27.3 Å². The molecule has 0 saturated heterocycles. The number of carbonyl (C=O) groups is 1. The van der Waals surface area contributed by atoms with Gasteiger partial charge in [-0.3, -0.25) is 14.2 Å². The molecular weight excluding hydrogens is 424 g/mol. The molecule has 0 atom stereocenters. The van der Waals surface area contributed by atoms with E-state index in [1.165, 1.54) is 15.9 Å². The van der Waals surface area contributed by atoms with Gasteiger partial charge >= 0.3 is 0 Å². The van der Waals surface area contributed by atoms with Crippen LogP contribution < -0.4 is 15.0 Å². The van der Waals surface area contributed by atoms with Gasteiger partial charge in [0.2, 0.25) is 0 Å². The van der Waals surface area contributed by atoms with Gasteiger partial charge in [-0.2, -0.15) is 0 Å². The van der Waals surface area contributed by atoms with Gasteiger partial charge in [-0.1, -0.05) is 24.3 Å². The molecule has 0 N–H and O–H groups in total. The Morgan fingerprint density at radius 3 is 2.53 bits per heavy atom. The summed E-state index contributed by atoms with van der Waals surface area (Å²) in [6, 6.07) is 14.6. The summed E-state index contributed by atoms with van der Waals surface area (Å²) in [4.78, 5) is 32.8. The van der Waals surface area contributed by atoms with Crippen LogP contribution in [0.15, 0.2) is 53.3 Å². The molecule has 2 aromatic carbocycles. The van der Waals surface area contributed by atoms with Gasteiger partial charge in [-0.05, 0) is 50.6 Å². The number of hydrogen-bond donors (Lipinski definition) is 0. The maximum Gasteiger partial charge on any atom is 0.263 e. The van der Waals surface area contributed by atoms with Crippen LogP contribution in [0.3, 0.4) is 0 Å². The maximum atomic E-state index is 13.5. The molecule has 2 heterocycles. The highest BCUT2D eigenvalue weighted by molar-refractivity contribution is 7.19. The van der Waals surface area contributed by atoms with Gasteiger partial charge in [-0.25, -0.2) is 4.98 Å². The minimum Gasteiger partial charge on any atom is -0.497 e. The molecule has 0 unspecified atom stereocenters. The summed E-state index contributed by atoms with van der Waals surface area (Å²) in [5, 5.41) is 0.542. The Balaban J connectivity index is 1.79. The number of nitrogens with zero attached hydrogens (tertiary/aromatic N) is 2. The standard InChI is InChI=1S/C25H24N2O4S/c1-5-31-19-11-9-17(10-12-19)22-15(2)32-24-23(22)25(29)27(16(3)26-24)14-21(28)18-7-6-8-20(13-18)30-4/h6-13H,5,14H2,1-4H3. The van der Waals surface area contributed by atoms with E-state index in [4.69, 9.17) is 9.47 Å². The van der Waals surface area contributed by atoms with Gasteiger partial charge in [0.05, 0.1) is 25.6 Å². The third kappa shape index (κ3) is 4.03. The predicted molar refractivity (Wildman–Crippen MR) is 127 cm³/mol. The van der Waals surface area contributed by atoms with Crippen molar-refractivity contribution in [3.05, 3.63) is 75.1 Å². The molecule has 164 valence electrons. The van der Waals surface area contributed by atoms with Gasteiger partial charge in [-0.15, -0.1) is 11.3 Å². The molecule has 0 aliphatic heterocycles. The zero-order chi connectivity index (χ0) is 22.8. The number of rotatable bonds is 7. The summed E-state index contributed by atoms with van der Waals surface area (Å²) in [5.74, 6) is 1.71. The molecule has 0 radical (unpaired) electrons. The average Bonchev–Trinajstić information content (AvgIpc) is 3.13. The molecular formula is C25H24N2O4S. The van der Waals surface area contributed by atoms with Gasteiger partial charge < -0.3 is 9.47 Å². The minimum atomic E-state index is -0.211. The van der Waals surface area contributed by atoms with Gasteiger partial charge in [0.15, 0.2) is 5.78 Å². The Morgan fingerprint density at radius 1 is 1.09 bits per heavy atom. The molecule has 0 amide bonds. The number of hydrogen-bond acceptors (Lipinski definition) is 6. The van der Waals surface area contributed by atoms with E-state index in [-0.39, 0.29) is 17.9 Å². The predicted octanol–water partition coefficient (Wildman–Crippen LogP) is 5.03. The van der Waals surface area contributed by atoms with Crippen molar-refractivity contribution >= 4 is 27.3 Å².